The molecule has 0 amide bonds. The molecule has 0 aliphatic rings. The van der Waals surface area contributed by atoms with Gasteiger partial charge in [-0.3, -0.25) is 4.79 Å². The van der Waals surface area contributed by atoms with Crippen molar-refractivity contribution in [1.82, 2.24) is 4.57 Å². The van der Waals surface area contributed by atoms with Gasteiger partial charge in [-0.05, 0) is 25.1 Å². The zero-order chi connectivity index (χ0) is 21.3. The van der Waals surface area contributed by atoms with Gasteiger partial charge in [-0.1, -0.05) is 18.2 Å². The molecule has 3 rings (SSSR count). The van der Waals surface area contributed by atoms with Crippen molar-refractivity contribution in [3.8, 4) is 0 Å². The Morgan fingerprint density at radius 1 is 1.10 bits per heavy atom. The number of carbonyl (C=O) groups is 1. The molecule has 3 aromatic rings. The molecule has 1 aromatic heterocycles. The Bertz CT molecular complexity index is 1150. The van der Waals surface area contributed by atoms with E-state index >= 15 is 0 Å². The van der Waals surface area contributed by atoms with E-state index in [-0.39, 0.29) is 24.2 Å². The van der Waals surface area contributed by atoms with Crippen molar-refractivity contribution in [3.05, 3.63) is 81.1 Å². The topological polar surface area (TPSA) is 48.3 Å². The third-order valence-corrected chi connectivity index (χ3v) is 4.27. The smallest absolute Gasteiger partial charge is 0.419 e. The normalized spacial score (nSPS) is 11.7. The molecule has 0 saturated carbocycles. The zero-order valence-corrected chi connectivity index (χ0v) is 15.0. The molecule has 9 heteroatoms. The van der Waals surface area contributed by atoms with Crippen LogP contribution >= 0.6 is 0 Å². The molecule has 29 heavy (non-hydrogen) atoms. The van der Waals surface area contributed by atoms with Crippen LogP contribution in [0.3, 0.4) is 0 Å². The van der Waals surface area contributed by atoms with Crippen molar-refractivity contribution in [2.75, 3.05) is 6.61 Å². The van der Waals surface area contributed by atoms with Crippen molar-refractivity contribution in [2.24, 2.45) is 0 Å². The van der Waals surface area contributed by atoms with E-state index in [0.29, 0.717) is 12.1 Å². The van der Waals surface area contributed by atoms with Crippen molar-refractivity contribution >= 4 is 16.9 Å². The van der Waals surface area contributed by atoms with Crippen LogP contribution in [0.5, 0.6) is 0 Å². The molecule has 0 unspecified atom stereocenters. The molecule has 0 bridgehead atoms. The number of benzene rings is 2. The standard InChI is InChI=1S/C20H14F5NO3/c1-2-29-19(28)13-10-26(9-11-5-3-4-6-15(11)21)17-8-14(20(23,24)25)16(22)7-12(17)18(13)27/h3-8,10H,2,9H2,1H3. The summed E-state index contributed by atoms with van der Waals surface area (Å²) < 4.78 is 73.4. The minimum Gasteiger partial charge on any atom is -0.462 e. The highest BCUT2D eigenvalue weighted by Crippen LogP contribution is 2.33. The lowest BCUT2D eigenvalue weighted by Crippen LogP contribution is -2.22. The number of ether oxygens (including phenoxy) is 1. The molecule has 0 aliphatic heterocycles. The van der Waals surface area contributed by atoms with Crippen LogP contribution in [0.1, 0.15) is 28.4 Å². The Labute approximate surface area is 161 Å². The maximum absolute atomic E-state index is 14.1. The average molecular weight is 411 g/mol. The number of carbonyl (C=O) groups excluding carboxylic acids is 1. The zero-order valence-electron chi connectivity index (χ0n) is 15.0. The molecule has 0 radical (unpaired) electrons. The first kappa shape index (κ1) is 20.5. The van der Waals surface area contributed by atoms with E-state index < -0.39 is 45.7 Å². The van der Waals surface area contributed by atoms with Crippen LogP contribution in [-0.2, 0) is 17.5 Å². The summed E-state index contributed by atoms with van der Waals surface area (Å²) in [5.74, 6) is -3.29. The number of nitrogens with zero attached hydrogens (tertiary/aromatic N) is 1. The molecule has 0 atom stereocenters. The Hall–Kier alpha value is -3.23. The highest BCUT2D eigenvalue weighted by Gasteiger charge is 2.35. The lowest BCUT2D eigenvalue weighted by Gasteiger charge is -2.16. The fraction of sp³-hybridized carbons (Fsp3) is 0.200. The molecule has 0 spiro atoms. The first-order chi connectivity index (χ1) is 13.6. The fourth-order valence-corrected chi connectivity index (χ4v) is 2.92. The summed E-state index contributed by atoms with van der Waals surface area (Å²) in [5, 5.41) is -0.447. The molecule has 0 fully saturated rings. The summed E-state index contributed by atoms with van der Waals surface area (Å²) in [5.41, 5.74) is -3.23. The first-order valence-electron chi connectivity index (χ1n) is 8.48. The third-order valence-electron chi connectivity index (χ3n) is 4.27. The van der Waals surface area contributed by atoms with Gasteiger partial charge in [0.1, 0.15) is 17.2 Å². The van der Waals surface area contributed by atoms with Gasteiger partial charge in [0.15, 0.2) is 0 Å². The predicted molar refractivity (Wildman–Crippen MR) is 94.6 cm³/mol. The van der Waals surface area contributed by atoms with Crippen LogP contribution in [0, 0.1) is 11.6 Å². The monoisotopic (exact) mass is 411 g/mol. The maximum Gasteiger partial charge on any atom is 0.419 e. The van der Waals surface area contributed by atoms with Crippen LogP contribution in [0.4, 0.5) is 22.0 Å². The van der Waals surface area contributed by atoms with E-state index in [2.05, 4.69) is 0 Å². The Balaban J connectivity index is 2.33. The SMILES string of the molecule is CCOC(=O)c1cn(Cc2ccccc2F)c2cc(C(F)(F)F)c(F)cc2c1=O. The maximum atomic E-state index is 14.1. The van der Waals surface area contributed by atoms with Crippen molar-refractivity contribution in [3.63, 3.8) is 0 Å². The van der Waals surface area contributed by atoms with E-state index in [4.69, 9.17) is 4.74 Å². The number of alkyl halides is 3. The second-order valence-corrected chi connectivity index (χ2v) is 6.16. The highest BCUT2D eigenvalue weighted by molar-refractivity contribution is 5.94. The third kappa shape index (κ3) is 3.98. The van der Waals surface area contributed by atoms with Crippen LogP contribution in [-0.4, -0.2) is 17.1 Å². The number of hydrogen-bond donors (Lipinski definition) is 0. The Kier molecular flexibility index (Phi) is 5.41. The van der Waals surface area contributed by atoms with Crippen molar-refractivity contribution in [1.29, 1.82) is 0 Å². The van der Waals surface area contributed by atoms with Gasteiger partial charge in [-0.15, -0.1) is 0 Å². The van der Waals surface area contributed by atoms with E-state index in [0.717, 1.165) is 16.8 Å². The number of fused-ring (bicyclic) bond motifs is 1. The van der Waals surface area contributed by atoms with Crippen LogP contribution in [0.25, 0.3) is 10.9 Å². The lowest BCUT2D eigenvalue weighted by molar-refractivity contribution is -0.139. The summed E-state index contributed by atoms with van der Waals surface area (Å²) in [6.45, 7) is 1.16. The van der Waals surface area contributed by atoms with Crippen molar-refractivity contribution < 1.29 is 31.5 Å². The van der Waals surface area contributed by atoms with E-state index in [9.17, 15) is 31.5 Å². The number of esters is 1. The molecular weight excluding hydrogens is 397 g/mol. The molecule has 2 aromatic carbocycles. The van der Waals surface area contributed by atoms with E-state index in [1.54, 1.807) is 0 Å². The predicted octanol–water partition coefficient (Wildman–Crippen LogP) is 4.52. The second kappa shape index (κ2) is 7.65. The quantitative estimate of drug-likeness (QED) is 0.469. The Morgan fingerprint density at radius 3 is 2.41 bits per heavy atom. The van der Waals surface area contributed by atoms with Gasteiger partial charge in [0.2, 0.25) is 5.43 Å². The highest BCUT2D eigenvalue weighted by atomic mass is 19.4. The molecule has 152 valence electrons. The summed E-state index contributed by atoms with van der Waals surface area (Å²) in [6, 6.07) is 6.42. The fourth-order valence-electron chi connectivity index (χ4n) is 2.92. The van der Waals surface area contributed by atoms with Crippen LogP contribution in [0.2, 0.25) is 0 Å². The van der Waals surface area contributed by atoms with Crippen molar-refractivity contribution in [2.45, 2.75) is 19.6 Å². The summed E-state index contributed by atoms with van der Waals surface area (Å²) in [7, 11) is 0. The summed E-state index contributed by atoms with van der Waals surface area (Å²) in [6.07, 6.45) is -4.01. The van der Waals surface area contributed by atoms with Crippen LogP contribution in [0.15, 0.2) is 47.4 Å². The molecule has 1 heterocycles. The molecule has 0 N–H and O–H groups in total. The van der Waals surface area contributed by atoms with Gasteiger partial charge in [-0.2, -0.15) is 13.2 Å². The largest absolute Gasteiger partial charge is 0.462 e. The summed E-state index contributed by atoms with van der Waals surface area (Å²) >= 11 is 0. The minimum atomic E-state index is -5.00. The molecular formula is C20H14F5NO3. The minimum absolute atomic E-state index is 0.0506. The number of aromatic nitrogens is 1. The van der Waals surface area contributed by atoms with Gasteiger partial charge in [0, 0.05) is 17.1 Å². The molecule has 4 nitrogen and oxygen atoms in total. The van der Waals surface area contributed by atoms with Gasteiger partial charge >= 0.3 is 12.1 Å². The number of hydrogen-bond acceptors (Lipinski definition) is 3. The number of halogens is 5. The van der Waals surface area contributed by atoms with Gasteiger partial charge in [0.25, 0.3) is 0 Å². The van der Waals surface area contributed by atoms with E-state index in [1.165, 1.54) is 25.1 Å². The first-order valence-corrected chi connectivity index (χ1v) is 8.48. The van der Waals surface area contributed by atoms with Gasteiger partial charge in [0.05, 0.1) is 24.2 Å². The average Bonchev–Trinajstić information content (AvgIpc) is 2.64. The van der Waals surface area contributed by atoms with Crippen LogP contribution < -0.4 is 5.43 Å². The number of rotatable bonds is 4. The molecule has 0 saturated heterocycles. The summed E-state index contributed by atoms with van der Waals surface area (Å²) in [4.78, 5) is 24.7. The van der Waals surface area contributed by atoms with E-state index in [1.807, 2.05) is 0 Å². The van der Waals surface area contributed by atoms with Gasteiger partial charge in [-0.25, -0.2) is 13.6 Å². The second-order valence-electron chi connectivity index (χ2n) is 6.16. The number of pyridine rings is 1. The Morgan fingerprint density at radius 2 is 1.79 bits per heavy atom. The lowest BCUT2D eigenvalue weighted by atomic mass is 10.1. The van der Waals surface area contributed by atoms with Gasteiger partial charge < -0.3 is 9.30 Å². The molecule has 0 aliphatic carbocycles.